The zero-order chi connectivity index (χ0) is 18.0. The van der Waals surface area contributed by atoms with E-state index in [4.69, 9.17) is 0 Å². The highest BCUT2D eigenvalue weighted by Gasteiger charge is 2.30. The maximum atomic E-state index is 12.8. The molecule has 0 fully saturated rings. The predicted octanol–water partition coefficient (Wildman–Crippen LogP) is 5.64. The van der Waals surface area contributed by atoms with E-state index >= 15 is 0 Å². The maximum absolute atomic E-state index is 12.8. The number of Topliss-reactive ketones (excluding diaryl/α,β-unsaturated/α-hetero) is 1. The molecule has 0 aliphatic heterocycles. The van der Waals surface area contributed by atoms with Gasteiger partial charge in [-0.25, -0.2) is 4.98 Å². The number of benzene rings is 2. The highest BCUT2D eigenvalue weighted by Crippen LogP contribution is 2.34. The molecule has 0 N–H and O–H groups in total. The third-order valence-corrected chi connectivity index (χ3v) is 3.83. The van der Waals surface area contributed by atoms with Crippen LogP contribution < -0.4 is 0 Å². The molecule has 0 bridgehead atoms. The fourth-order valence-corrected chi connectivity index (χ4v) is 2.54. The number of nitrogens with zero attached hydrogens (tertiary/aromatic N) is 1. The minimum Gasteiger partial charge on any atom is -0.293 e. The van der Waals surface area contributed by atoms with Crippen molar-refractivity contribution >= 4 is 5.78 Å². The number of aromatic nitrogens is 1. The molecule has 25 heavy (non-hydrogen) atoms. The summed E-state index contributed by atoms with van der Waals surface area (Å²) in [7, 11) is 0. The first-order valence-corrected chi connectivity index (χ1v) is 7.61. The minimum absolute atomic E-state index is 0.170. The van der Waals surface area contributed by atoms with Crippen LogP contribution in [0.2, 0.25) is 0 Å². The monoisotopic (exact) mass is 341 g/mol. The molecule has 0 aliphatic carbocycles. The first kappa shape index (κ1) is 16.9. The summed E-state index contributed by atoms with van der Waals surface area (Å²) in [6.45, 7) is 1.43. The lowest BCUT2D eigenvalue weighted by molar-refractivity contribution is -0.137. The van der Waals surface area contributed by atoms with Crippen molar-refractivity contribution in [2.24, 2.45) is 0 Å². The van der Waals surface area contributed by atoms with Gasteiger partial charge in [-0.3, -0.25) is 4.79 Å². The van der Waals surface area contributed by atoms with Gasteiger partial charge in [-0.05, 0) is 29.8 Å². The van der Waals surface area contributed by atoms with Crippen LogP contribution >= 0.6 is 0 Å². The normalized spacial score (nSPS) is 11.4. The van der Waals surface area contributed by atoms with Crippen molar-refractivity contribution in [1.29, 1.82) is 0 Å². The Kier molecular flexibility index (Phi) is 4.40. The van der Waals surface area contributed by atoms with Crippen LogP contribution in [0.1, 0.15) is 23.0 Å². The third kappa shape index (κ3) is 3.60. The van der Waals surface area contributed by atoms with Gasteiger partial charge in [0.1, 0.15) is 5.69 Å². The summed E-state index contributed by atoms with van der Waals surface area (Å²) in [6, 6.07) is 17.5. The van der Waals surface area contributed by atoms with Crippen molar-refractivity contribution in [3.63, 3.8) is 0 Å². The van der Waals surface area contributed by atoms with E-state index in [9.17, 15) is 18.0 Å². The van der Waals surface area contributed by atoms with Crippen molar-refractivity contribution in [2.45, 2.75) is 13.1 Å². The Morgan fingerprint density at radius 2 is 1.48 bits per heavy atom. The first-order valence-electron chi connectivity index (χ1n) is 7.61. The third-order valence-electron chi connectivity index (χ3n) is 3.83. The summed E-state index contributed by atoms with van der Waals surface area (Å²) in [5.41, 5.74) is 2.24. The van der Waals surface area contributed by atoms with E-state index in [0.29, 0.717) is 22.5 Å². The molecule has 0 amide bonds. The van der Waals surface area contributed by atoms with Crippen LogP contribution in [-0.2, 0) is 6.18 Å². The highest BCUT2D eigenvalue weighted by molar-refractivity contribution is 5.94. The summed E-state index contributed by atoms with van der Waals surface area (Å²) in [6.07, 6.45) is -4.38. The van der Waals surface area contributed by atoms with Crippen LogP contribution in [0.25, 0.3) is 22.4 Å². The van der Waals surface area contributed by atoms with Gasteiger partial charge < -0.3 is 0 Å². The molecule has 0 radical (unpaired) electrons. The lowest BCUT2D eigenvalue weighted by Gasteiger charge is -2.12. The number of rotatable bonds is 3. The van der Waals surface area contributed by atoms with Gasteiger partial charge in [0.2, 0.25) is 0 Å². The second-order valence-corrected chi connectivity index (χ2v) is 5.59. The van der Waals surface area contributed by atoms with Crippen molar-refractivity contribution in [1.82, 2.24) is 4.98 Å². The Morgan fingerprint density at radius 3 is 2.04 bits per heavy atom. The average Bonchev–Trinajstić information content (AvgIpc) is 2.61. The Morgan fingerprint density at radius 1 is 0.840 bits per heavy atom. The molecular weight excluding hydrogens is 327 g/mol. The van der Waals surface area contributed by atoms with Crippen LogP contribution in [0.5, 0.6) is 0 Å². The molecule has 0 saturated carbocycles. The Balaban J connectivity index is 2.14. The Bertz CT molecular complexity index is 900. The van der Waals surface area contributed by atoms with E-state index in [1.165, 1.54) is 19.1 Å². The molecule has 0 saturated heterocycles. The number of hydrogen-bond acceptors (Lipinski definition) is 2. The van der Waals surface area contributed by atoms with Crippen LogP contribution in [0.3, 0.4) is 0 Å². The molecule has 5 heteroatoms. The summed E-state index contributed by atoms with van der Waals surface area (Å²) in [5.74, 6) is -0.170. The minimum atomic E-state index is -4.38. The average molecular weight is 341 g/mol. The van der Waals surface area contributed by atoms with E-state index in [1.807, 2.05) is 30.3 Å². The van der Waals surface area contributed by atoms with E-state index in [1.54, 1.807) is 12.1 Å². The number of carbonyl (C=O) groups is 1. The molecule has 0 unspecified atom stereocenters. The number of pyridine rings is 1. The van der Waals surface area contributed by atoms with Gasteiger partial charge >= 0.3 is 6.18 Å². The topological polar surface area (TPSA) is 30.0 Å². The predicted molar refractivity (Wildman–Crippen MR) is 90.1 cm³/mol. The van der Waals surface area contributed by atoms with E-state index < -0.39 is 11.7 Å². The van der Waals surface area contributed by atoms with Gasteiger partial charge in [0.05, 0.1) is 11.3 Å². The second kappa shape index (κ2) is 6.51. The summed E-state index contributed by atoms with van der Waals surface area (Å²) in [5, 5.41) is 0. The zero-order valence-electron chi connectivity index (χ0n) is 13.3. The largest absolute Gasteiger partial charge is 0.416 e. The quantitative estimate of drug-likeness (QED) is 0.577. The Hall–Kier alpha value is -2.95. The van der Waals surface area contributed by atoms with Gasteiger partial charge in [-0.1, -0.05) is 42.5 Å². The smallest absolute Gasteiger partial charge is 0.293 e. The second-order valence-electron chi connectivity index (χ2n) is 5.59. The van der Waals surface area contributed by atoms with Crippen LogP contribution in [-0.4, -0.2) is 10.8 Å². The maximum Gasteiger partial charge on any atom is 0.416 e. The van der Waals surface area contributed by atoms with E-state index in [-0.39, 0.29) is 5.78 Å². The SMILES string of the molecule is CC(=O)c1ccc(-c2ccc(C(F)(F)F)cc2)c(-c2ccccc2)n1. The first-order chi connectivity index (χ1) is 11.9. The molecule has 126 valence electrons. The van der Waals surface area contributed by atoms with Gasteiger partial charge in [0, 0.05) is 18.1 Å². The highest BCUT2D eigenvalue weighted by atomic mass is 19.4. The van der Waals surface area contributed by atoms with Crippen molar-refractivity contribution < 1.29 is 18.0 Å². The standard InChI is InChI=1S/C20H14F3NO/c1-13(25)18-12-11-17(19(24-18)15-5-3-2-4-6-15)14-7-9-16(10-8-14)20(21,22)23/h2-12H,1H3. The number of carbonyl (C=O) groups excluding carboxylic acids is 1. The number of halogens is 3. The molecule has 3 rings (SSSR count). The van der Waals surface area contributed by atoms with Crippen molar-refractivity contribution in [3.8, 4) is 22.4 Å². The number of hydrogen-bond donors (Lipinski definition) is 0. The van der Waals surface area contributed by atoms with Crippen LogP contribution in [0.15, 0.2) is 66.7 Å². The molecule has 2 aromatic carbocycles. The summed E-state index contributed by atoms with van der Waals surface area (Å²) < 4.78 is 38.3. The number of ketones is 1. The fourth-order valence-electron chi connectivity index (χ4n) is 2.54. The molecule has 0 spiro atoms. The van der Waals surface area contributed by atoms with Crippen molar-refractivity contribution in [2.75, 3.05) is 0 Å². The van der Waals surface area contributed by atoms with Gasteiger partial charge in [0.25, 0.3) is 0 Å². The zero-order valence-corrected chi connectivity index (χ0v) is 13.3. The number of alkyl halides is 3. The van der Waals surface area contributed by atoms with Gasteiger partial charge in [-0.2, -0.15) is 13.2 Å². The molecule has 3 aromatic rings. The van der Waals surface area contributed by atoms with Crippen LogP contribution in [0, 0.1) is 0 Å². The van der Waals surface area contributed by atoms with Gasteiger partial charge in [-0.15, -0.1) is 0 Å². The molecule has 0 aliphatic rings. The van der Waals surface area contributed by atoms with E-state index in [0.717, 1.165) is 17.7 Å². The van der Waals surface area contributed by atoms with Crippen LogP contribution in [0.4, 0.5) is 13.2 Å². The lowest BCUT2D eigenvalue weighted by atomic mass is 9.97. The lowest BCUT2D eigenvalue weighted by Crippen LogP contribution is -2.04. The van der Waals surface area contributed by atoms with Crippen molar-refractivity contribution in [3.05, 3.63) is 78.0 Å². The summed E-state index contributed by atoms with van der Waals surface area (Å²) >= 11 is 0. The fraction of sp³-hybridized carbons (Fsp3) is 0.100. The summed E-state index contributed by atoms with van der Waals surface area (Å²) in [4.78, 5) is 16.1. The molecule has 2 nitrogen and oxygen atoms in total. The van der Waals surface area contributed by atoms with E-state index in [2.05, 4.69) is 4.98 Å². The van der Waals surface area contributed by atoms with Gasteiger partial charge in [0.15, 0.2) is 5.78 Å². The Labute approximate surface area is 143 Å². The molecule has 1 heterocycles. The molecular formula is C20H14F3NO. The molecule has 1 aromatic heterocycles. The molecule has 0 atom stereocenters.